The molecule has 0 amide bonds. The van der Waals surface area contributed by atoms with E-state index in [-0.39, 0.29) is 4.90 Å². The molecule has 2 heterocycles. The highest BCUT2D eigenvalue weighted by Gasteiger charge is 2.19. The molecule has 3 aromatic rings. The summed E-state index contributed by atoms with van der Waals surface area (Å²) >= 11 is 0. The number of aromatic nitrogens is 2. The van der Waals surface area contributed by atoms with Gasteiger partial charge in [0.25, 0.3) is 10.0 Å². The second-order valence-corrected chi connectivity index (χ2v) is 6.38. The van der Waals surface area contributed by atoms with Crippen molar-refractivity contribution in [3.05, 3.63) is 48.3 Å². The summed E-state index contributed by atoms with van der Waals surface area (Å²) < 4.78 is 27.4. The number of hydrogen-bond donors (Lipinski definition) is 3. The van der Waals surface area contributed by atoms with Gasteiger partial charge in [0.15, 0.2) is 0 Å². The number of sulfonamides is 1. The molecule has 0 fully saturated rings. The van der Waals surface area contributed by atoms with Gasteiger partial charge < -0.3 is 10.7 Å². The Balaban J connectivity index is 2.04. The van der Waals surface area contributed by atoms with Gasteiger partial charge in [-0.05, 0) is 37.3 Å². The summed E-state index contributed by atoms with van der Waals surface area (Å²) in [6.45, 7) is 1.80. The van der Waals surface area contributed by atoms with E-state index in [1.54, 1.807) is 43.3 Å². The summed E-state index contributed by atoms with van der Waals surface area (Å²) in [6.07, 6.45) is 1.45. The van der Waals surface area contributed by atoms with Crippen LogP contribution in [-0.4, -0.2) is 18.4 Å². The van der Waals surface area contributed by atoms with Gasteiger partial charge in [-0.1, -0.05) is 6.07 Å². The third-order valence-electron chi connectivity index (χ3n) is 3.08. The summed E-state index contributed by atoms with van der Waals surface area (Å²) in [5.41, 5.74) is 7.67. The van der Waals surface area contributed by atoms with Crippen LogP contribution in [0.3, 0.4) is 0 Å². The number of nitrogens with two attached hydrogens (primary N) is 1. The third kappa shape index (κ3) is 2.55. The van der Waals surface area contributed by atoms with Gasteiger partial charge in [-0.25, -0.2) is 13.4 Å². The minimum Gasteiger partial charge on any atom is -0.399 e. The van der Waals surface area contributed by atoms with E-state index in [1.807, 2.05) is 0 Å². The Morgan fingerprint density at radius 3 is 2.81 bits per heavy atom. The molecule has 0 aliphatic carbocycles. The molecule has 0 bridgehead atoms. The maximum absolute atomic E-state index is 12.5. The number of pyridine rings is 1. The van der Waals surface area contributed by atoms with Gasteiger partial charge in [0.1, 0.15) is 10.7 Å². The number of aromatic amines is 1. The maximum atomic E-state index is 12.5. The van der Waals surface area contributed by atoms with Crippen LogP contribution < -0.4 is 10.5 Å². The molecule has 0 radical (unpaired) electrons. The van der Waals surface area contributed by atoms with Crippen molar-refractivity contribution in [2.24, 2.45) is 0 Å². The van der Waals surface area contributed by atoms with E-state index >= 15 is 0 Å². The van der Waals surface area contributed by atoms with Crippen LogP contribution in [0.2, 0.25) is 0 Å². The van der Waals surface area contributed by atoms with Crippen molar-refractivity contribution >= 4 is 32.4 Å². The van der Waals surface area contributed by atoms with Crippen LogP contribution in [0, 0.1) is 6.92 Å². The Labute approximate surface area is 122 Å². The monoisotopic (exact) mass is 302 g/mol. The first-order valence-corrected chi connectivity index (χ1v) is 7.77. The van der Waals surface area contributed by atoms with Gasteiger partial charge >= 0.3 is 0 Å². The van der Waals surface area contributed by atoms with Gasteiger partial charge in [-0.15, -0.1) is 0 Å². The van der Waals surface area contributed by atoms with Crippen LogP contribution in [0.25, 0.3) is 10.9 Å². The highest BCUT2D eigenvalue weighted by molar-refractivity contribution is 7.93. The Kier molecular flexibility index (Phi) is 3.06. The number of aryl methyl sites for hydroxylation is 1. The summed E-state index contributed by atoms with van der Waals surface area (Å²) in [6, 6.07) is 10.2. The summed E-state index contributed by atoms with van der Waals surface area (Å²) in [5.74, 6) is 0.291. The zero-order valence-corrected chi connectivity index (χ0v) is 12.1. The largest absolute Gasteiger partial charge is 0.399 e. The van der Waals surface area contributed by atoms with Crippen LogP contribution in [0.15, 0.2) is 47.5 Å². The van der Waals surface area contributed by atoms with Crippen molar-refractivity contribution in [3.8, 4) is 0 Å². The molecule has 0 aliphatic rings. The zero-order valence-electron chi connectivity index (χ0n) is 11.3. The standard InChI is InChI=1S/C14H14N4O2S/c1-9-3-2-4-14(17-9)18-21(19,20)13-8-16-12-7-10(15)5-6-11(12)13/h2-8,16H,15H2,1H3,(H,17,18). The van der Waals surface area contributed by atoms with E-state index in [4.69, 9.17) is 5.73 Å². The van der Waals surface area contributed by atoms with Crippen LogP contribution in [0.1, 0.15) is 5.69 Å². The number of fused-ring (bicyclic) bond motifs is 1. The summed E-state index contributed by atoms with van der Waals surface area (Å²) in [5, 5.41) is 0.587. The SMILES string of the molecule is Cc1cccc(NS(=O)(=O)c2c[nH]c3cc(N)ccc23)n1. The normalized spacial score (nSPS) is 11.7. The van der Waals surface area contributed by atoms with Gasteiger partial charge in [-0.3, -0.25) is 4.72 Å². The predicted molar refractivity (Wildman–Crippen MR) is 82.5 cm³/mol. The minimum absolute atomic E-state index is 0.167. The number of nitrogen functional groups attached to an aromatic ring is 1. The minimum atomic E-state index is -3.71. The number of hydrogen-bond acceptors (Lipinski definition) is 4. The van der Waals surface area contributed by atoms with Crippen molar-refractivity contribution in [3.63, 3.8) is 0 Å². The lowest BCUT2D eigenvalue weighted by Crippen LogP contribution is -2.13. The molecule has 1 aromatic carbocycles. The number of benzene rings is 1. The van der Waals surface area contributed by atoms with Gasteiger partial charge in [0, 0.05) is 28.5 Å². The molecule has 21 heavy (non-hydrogen) atoms. The van der Waals surface area contributed by atoms with E-state index in [0.29, 0.717) is 22.4 Å². The Bertz CT molecular complexity index is 916. The molecule has 0 saturated carbocycles. The fourth-order valence-electron chi connectivity index (χ4n) is 2.13. The molecular weight excluding hydrogens is 288 g/mol. The number of rotatable bonds is 3. The Hall–Kier alpha value is -2.54. The second kappa shape index (κ2) is 4.78. The van der Waals surface area contributed by atoms with Gasteiger partial charge in [0.05, 0.1) is 0 Å². The molecule has 4 N–H and O–H groups in total. The highest BCUT2D eigenvalue weighted by atomic mass is 32.2. The van der Waals surface area contributed by atoms with Crippen molar-refractivity contribution < 1.29 is 8.42 Å². The van der Waals surface area contributed by atoms with Crippen LogP contribution in [0.5, 0.6) is 0 Å². The van der Waals surface area contributed by atoms with Crippen molar-refractivity contribution in [2.75, 3.05) is 10.5 Å². The number of nitrogens with zero attached hydrogens (tertiary/aromatic N) is 1. The molecule has 6 nitrogen and oxygen atoms in total. The molecule has 0 atom stereocenters. The summed E-state index contributed by atoms with van der Waals surface area (Å²) in [7, 11) is -3.71. The number of H-pyrrole nitrogens is 1. The molecule has 2 aromatic heterocycles. The highest BCUT2D eigenvalue weighted by Crippen LogP contribution is 2.25. The molecule has 0 spiro atoms. The van der Waals surface area contributed by atoms with E-state index in [1.165, 1.54) is 6.20 Å². The lowest BCUT2D eigenvalue weighted by Gasteiger charge is -2.07. The molecule has 0 unspecified atom stereocenters. The molecule has 108 valence electrons. The number of nitrogens with one attached hydrogen (secondary N) is 2. The average molecular weight is 302 g/mol. The maximum Gasteiger partial charge on any atom is 0.265 e. The molecule has 0 aliphatic heterocycles. The average Bonchev–Trinajstić information content (AvgIpc) is 2.81. The molecular formula is C14H14N4O2S. The number of anilines is 2. The van der Waals surface area contributed by atoms with Crippen LogP contribution in [0.4, 0.5) is 11.5 Å². The van der Waals surface area contributed by atoms with E-state index in [0.717, 1.165) is 5.69 Å². The molecule has 0 saturated heterocycles. The quantitative estimate of drug-likeness (QED) is 0.646. The first kappa shape index (κ1) is 13.4. The third-order valence-corrected chi connectivity index (χ3v) is 4.48. The lowest BCUT2D eigenvalue weighted by atomic mass is 10.2. The van der Waals surface area contributed by atoms with Gasteiger partial charge in [-0.2, -0.15) is 0 Å². The van der Waals surface area contributed by atoms with Crippen molar-refractivity contribution in [1.82, 2.24) is 9.97 Å². The smallest absolute Gasteiger partial charge is 0.265 e. The Morgan fingerprint density at radius 2 is 2.05 bits per heavy atom. The fourth-order valence-corrected chi connectivity index (χ4v) is 3.31. The van der Waals surface area contributed by atoms with Crippen LogP contribution in [-0.2, 0) is 10.0 Å². The second-order valence-electron chi connectivity index (χ2n) is 4.73. The molecule has 7 heteroatoms. The fraction of sp³-hybridized carbons (Fsp3) is 0.0714. The molecule has 3 rings (SSSR count). The van der Waals surface area contributed by atoms with Crippen molar-refractivity contribution in [2.45, 2.75) is 11.8 Å². The summed E-state index contributed by atoms with van der Waals surface area (Å²) in [4.78, 5) is 7.22. The first-order chi connectivity index (χ1) is 9.95. The van der Waals surface area contributed by atoms with E-state index < -0.39 is 10.0 Å². The van der Waals surface area contributed by atoms with Crippen LogP contribution >= 0.6 is 0 Å². The topological polar surface area (TPSA) is 101 Å². The lowest BCUT2D eigenvalue weighted by molar-refractivity contribution is 0.602. The van der Waals surface area contributed by atoms with E-state index in [2.05, 4.69) is 14.7 Å². The van der Waals surface area contributed by atoms with Gasteiger partial charge in [0.2, 0.25) is 0 Å². The Morgan fingerprint density at radius 1 is 1.24 bits per heavy atom. The van der Waals surface area contributed by atoms with Crippen molar-refractivity contribution in [1.29, 1.82) is 0 Å². The predicted octanol–water partition coefficient (Wildman–Crippen LogP) is 2.25. The van der Waals surface area contributed by atoms with E-state index in [9.17, 15) is 8.42 Å². The zero-order chi connectivity index (χ0) is 15.0. The first-order valence-electron chi connectivity index (χ1n) is 6.29.